The van der Waals surface area contributed by atoms with E-state index in [0.717, 1.165) is 28.5 Å². The lowest BCUT2D eigenvalue weighted by Crippen LogP contribution is -2.32. The standard InChI is InChI=1S/C30H31FN6O2/c1-4-28(29-33-34-35-37(29)18-22-9-12-25(31)13-10-22)36(17-21-7-5-20(2)6-8-21)19-24-15-23-11-14-26(39-3)16-27(23)32-30(24)38/h5-16,28H,4,17-19H2,1-3H3,(H,32,38). The van der Waals surface area contributed by atoms with E-state index in [-0.39, 0.29) is 17.4 Å². The van der Waals surface area contributed by atoms with Crippen LogP contribution in [-0.2, 0) is 19.6 Å². The molecule has 0 saturated heterocycles. The molecule has 5 aromatic rings. The molecular formula is C30H31FN6O2. The molecule has 5 rings (SSSR count). The van der Waals surface area contributed by atoms with E-state index in [4.69, 9.17) is 4.74 Å². The first-order valence-electron chi connectivity index (χ1n) is 12.9. The van der Waals surface area contributed by atoms with E-state index in [1.165, 1.54) is 17.7 Å². The van der Waals surface area contributed by atoms with Crippen LogP contribution in [0.25, 0.3) is 10.9 Å². The molecule has 0 aliphatic heterocycles. The highest BCUT2D eigenvalue weighted by Crippen LogP contribution is 2.27. The van der Waals surface area contributed by atoms with E-state index in [1.54, 1.807) is 23.9 Å². The predicted molar refractivity (Wildman–Crippen MR) is 148 cm³/mol. The van der Waals surface area contributed by atoms with Gasteiger partial charge in [0, 0.05) is 24.7 Å². The fourth-order valence-corrected chi connectivity index (χ4v) is 4.82. The van der Waals surface area contributed by atoms with Crippen molar-refractivity contribution < 1.29 is 9.13 Å². The highest BCUT2D eigenvalue weighted by Gasteiger charge is 2.26. The van der Waals surface area contributed by atoms with E-state index in [1.807, 2.05) is 24.3 Å². The average molecular weight is 527 g/mol. The van der Waals surface area contributed by atoms with Crippen LogP contribution < -0.4 is 10.3 Å². The number of aromatic amines is 1. The van der Waals surface area contributed by atoms with Crippen molar-refractivity contribution in [3.8, 4) is 5.75 Å². The number of aromatic nitrogens is 5. The second-order valence-corrected chi connectivity index (χ2v) is 9.71. The van der Waals surface area contributed by atoms with Crippen molar-refractivity contribution in [2.75, 3.05) is 7.11 Å². The number of tetrazole rings is 1. The average Bonchev–Trinajstić information content (AvgIpc) is 3.39. The summed E-state index contributed by atoms with van der Waals surface area (Å²) < 4.78 is 20.5. The quantitative estimate of drug-likeness (QED) is 0.270. The molecule has 0 amide bonds. The van der Waals surface area contributed by atoms with Gasteiger partial charge in [-0.3, -0.25) is 9.69 Å². The minimum absolute atomic E-state index is 0.148. The SMILES string of the molecule is CCC(c1nnnn1Cc1ccc(F)cc1)N(Cc1ccc(C)cc1)Cc1cc2ccc(OC)cc2[nH]c1=O. The van der Waals surface area contributed by atoms with Crippen molar-refractivity contribution in [1.29, 1.82) is 0 Å². The van der Waals surface area contributed by atoms with E-state index in [2.05, 4.69) is 63.5 Å². The van der Waals surface area contributed by atoms with Gasteiger partial charge in [-0.05, 0) is 70.6 Å². The normalized spacial score (nSPS) is 12.2. The summed E-state index contributed by atoms with van der Waals surface area (Å²) in [6, 6.07) is 22.1. The van der Waals surface area contributed by atoms with Crippen LogP contribution in [0.3, 0.4) is 0 Å². The molecule has 0 fully saturated rings. The molecule has 0 aliphatic rings. The Morgan fingerprint density at radius 1 is 1.00 bits per heavy atom. The Morgan fingerprint density at radius 2 is 1.74 bits per heavy atom. The number of nitrogens with one attached hydrogen (secondary N) is 1. The molecule has 3 aromatic carbocycles. The topological polar surface area (TPSA) is 88.9 Å². The molecule has 1 N–H and O–H groups in total. The van der Waals surface area contributed by atoms with Gasteiger partial charge in [0.25, 0.3) is 5.56 Å². The van der Waals surface area contributed by atoms with Gasteiger partial charge in [-0.25, -0.2) is 9.07 Å². The molecule has 2 aromatic heterocycles. The first-order valence-corrected chi connectivity index (χ1v) is 12.9. The number of nitrogens with zero attached hydrogens (tertiary/aromatic N) is 5. The molecule has 1 atom stereocenters. The summed E-state index contributed by atoms with van der Waals surface area (Å²) in [7, 11) is 1.60. The maximum absolute atomic E-state index is 13.5. The summed E-state index contributed by atoms with van der Waals surface area (Å²) in [6.45, 7) is 5.55. The Labute approximate surface area is 226 Å². The van der Waals surface area contributed by atoms with Gasteiger partial charge in [-0.2, -0.15) is 0 Å². The van der Waals surface area contributed by atoms with Crippen LogP contribution in [-0.4, -0.2) is 37.2 Å². The lowest BCUT2D eigenvalue weighted by molar-refractivity contribution is 0.161. The van der Waals surface area contributed by atoms with Crippen LogP contribution in [0.2, 0.25) is 0 Å². The van der Waals surface area contributed by atoms with Crippen molar-refractivity contribution in [2.45, 2.75) is 45.9 Å². The largest absolute Gasteiger partial charge is 0.497 e. The minimum Gasteiger partial charge on any atom is -0.497 e. The first kappa shape index (κ1) is 26.2. The minimum atomic E-state index is -0.287. The number of hydrogen-bond acceptors (Lipinski definition) is 6. The number of rotatable bonds is 10. The summed E-state index contributed by atoms with van der Waals surface area (Å²) in [5.41, 5.74) is 4.43. The number of fused-ring (bicyclic) bond motifs is 1. The molecule has 200 valence electrons. The number of ether oxygens (including phenoxy) is 1. The third-order valence-corrected chi connectivity index (χ3v) is 6.94. The van der Waals surface area contributed by atoms with E-state index >= 15 is 0 Å². The molecule has 9 heteroatoms. The zero-order valence-electron chi connectivity index (χ0n) is 22.3. The number of aryl methyl sites for hydroxylation is 1. The van der Waals surface area contributed by atoms with Gasteiger partial charge in [-0.1, -0.05) is 48.9 Å². The van der Waals surface area contributed by atoms with Crippen molar-refractivity contribution in [3.05, 3.63) is 117 Å². The molecule has 0 spiro atoms. The van der Waals surface area contributed by atoms with Gasteiger partial charge >= 0.3 is 0 Å². The number of pyridine rings is 1. The van der Waals surface area contributed by atoms with Gasteiger partial charge in [0.1, 0.15) is 11.6 Å². The van der Waals surface area contributed by atoms with Gasteiger partial charge in [0.2, 0.25) is 0 Å². The molecule has 0 aliphatic carbocycles. The van der Waals surface area contributed by atoms with Crippen LogP contribution in [0.1, 0.15) is 47.5 Å². The fourth-order valence-electron chi connectivity index (χ4n) is 4.82. The lowest BCUT2D eigenvalue weighted by Gasteiger charge is -2.30. The highest BCUT2D eigenvalue weighted by molar-refractivity contribution is 5.80. The number of methoxy groups -OCH3 is 1. The van der Waals surface area contributed by atoms with Gasteiger partial charge in [-0.15, -0.1) is 5.10 Å². The molecule has 0 saturated carbocycles. The second-order valence-electron chi connectivity index (χ2n) is 9.71. The van der Waals surface area contributed by atoms with Gasteiger partial charge in [0.05, 0.1) is 25.2 Å². The van der Waals surface area contributed by atoms with Crippen molar-refractivity contribution in [1.82, 2.24) is 30.1 Å². The monoisotopic (exact) mass is 526 g/mol. The van der Waals surface area contributed by atoms with Crippen LogP contribution >= 0.6 is 0 Å². The number of benzene rings is 3. The summed E-state index contributed by atoms with van der Waals surface area (Å²) in [4.78, 5) is 18.4. The highest BCUT2D eigenvalue weighted by atomic mass is 19.1. The number of H-pyrrole nitrogens is 1. The molecule has 0 bridgehead atoms. The fraction of sp³-hybridized carbons (Fsp3) is 0.267. The zero-order chi connectivity index (χ0) is 27.4. The predicted octanol–water partition coefficient (Wildman–Crippen LogP) is 5.17. The van der Waals surface area contributed by atoms with Crippen LogP contribution in [0.15, 0.2) is 77.6 Å². The maximum Gasteiger partial charge on any atom is 0.252 e. The van der Waals surface area contributed by atoms with Crippen LogP contribution in [0.5, 0.6) is 5.75 Å². The third kappa shape index (κ3) is 6.04. The van der Waals surface area contributed by atoms with Crippen LogP contribution in [0, 0.1) is 12.7 Å². The van der Waals surface area contributed by atoms with Crippen LogP contribution in [0.4, 0.5) is 4.39 Å². The van der Waals surface area contributed by atoms with Crippen molar-refractivity contribution >= 4 is 10.9 Å². The summed E-state index contributed by atoms with van der Waals surface area (Å²) in [6.07, 6.45) is 0.721. The molecule has 8 nitrogen and oxygen atoms in total. The molecular weight excluding hydrogens is 495 g/mol. The van der Waals surface area contributed by atoms with Gasteiger partial charge in [0.15, 0.2) is 5.82 Å². The molecule has 1 unspecified atom stereocenters. The smallest absolute Gasteiger partial charge is 0.252 e. The molecule has 0 radical (unpaired) electrons. The number of halogens is 1. The van der Waals surface area contributed by atoms with Crippen molar-refractivity contribution in [2.24, 2.45) is 0 Å². The Bertz CT molecular complexity index is 1610. The summed E-state index contributed by atoms with van der Waals surface area (Å²) in [5, 5.41) is 13.5. The Kier molecular flexibility index (Phi) is 7.79. The van der Waals surface area contributed by atoms with Crippen molar-refractivity contribution in [3.63, 3.8) is 0 Å². The van der Waals surface area contributed by atoms with E-state index in [0.29, 0.717) is 36.8 Å². The first-order chi connectivity index (χ1) is 18.9. The third-order valence-electron chi connectivity index (χ3n) is 6.94. The molecule has 2 heterocycles. The van der Waals surface area contributed by atoms with E-state index in [9.17, 15) is 9.18 Å². The maximum atomic E-state index is 13.5. The van der Waals surface area contributed by atoms with Gasteiger partial charge < -0.3 is 9.72 Å². The second kappa shape index (κ2) is 11.6. The Balaban J connectivity index is 1.51. The summed E-state index contributed by atoms with van der Waals surface area (Å²) in [5.74, 6) is 1.09. The zero-order valence-corrected chi connectivity index (χ0v) is 22.3. The summed E-state index contributed by atoms with van der Waals surface area (Å²) >= 11 is 0. The Hall–Kier alpha value is -4.37. The number of hydrogen-bond donors (Lipinski definition) is 1. The molecule has 39 heavy (non-hydrogen) atoms. The lowest BCUT2D eigenvalue weighted by atomic mass is 10.1. The van der Waals surface area contributed by atoms with E-state index < -0.39 is 0 Å². The Morgan fingerprint density at radius 3 is 2.46 bits per heavy atom.